The van der Waals surface area contributed by atoms with Gasteiger partial charge in [-0.2, -0.15) is 0 Å². The second-order valence-electron chi connectivity index (χ2n) is 8.07. The Morgan fingerprint density at radius 2 is 1.87 bits per heavy atom. The van der Waals surface area contributed by atoms with Crippen LogP contribution in [-0.2, 0) is 17.8 Å². The van der Waals surface area contributed by atoms with E-state index in [1.807, 2.05) is 18.2 Å². The summed E-state index contributed by atoms with van der Waals surface area (Å²) in [5.41, 5.74) is 3.76. The maximum absolute atomic E-state index is 12.8. The molecule has 3 aromatic rings. The van der Waals surface area contributed by atoms with E-state index in [4.69, 9.17) is 4.74 Å². The molecule has 30 heavy (non-hydrogen) atoms. The number of methoxy groups -OCH3 is 1. The Morgan fingerprint density at radius 3 is 2.70 bits per heavy atom. The summed E-state index contributed by atoms with van der Waals surface area (Å²) < 4.78 is 5.24. The van der Waals surface area contributed by atoms with Gasteiger partial charge in [0.05, 0.1) is 7.11 Å². The predicted molar refractivity (Wildman–Crippen MR) is 121 cm³/mol. The van der Waals surface area contributed by atoms with Gasteiger partial charge in [0, 0.05) is 56.2 Å². The van der Waals surface area contributed by atoms with Crippen LogP contribution in [-0.4, -0.2) is 54.0 Å². The number of benzene rings is 2. The van der Waals surface area contributed by atoms with Gasteiger partial charge in [-0.25, -0.2) is 0 Å². The molecule has 4 rings (SSSR count). The monoisotopic (exact) mass is 405 g/mol. The maximum Gasteiger partial charge on any atom is 0.222 e. The predicted octanol–water partition coefficient (Wildman–Crippen LogP) is 4.23. The first-order valence-electron chi connectivity index (χ1n) is 10.9. The van der Waals surface area contributed by atoms with Crippen molar-refractivity contribution in [1.82, 2.24) is 14.8 Å². The SMILES string of the molecule is COc1ccc(CN2CCCN(C(=O)CCCc3c[nH]c4ccccc34)CC2)cc1. The number of nitrogens with zero attached hydrogens (tertiary/aromatic N) is 2. The van der Waals surface area contributed by atoms with Gasteiger partial charge < -0.3 is 14.6 Å². The van der Waals surface area contributed by atoms with Crippen LogP contribution in [0.3, 0.4) is 0 Å². The van der Waals surface area contributed by atoms with Crippen molar-refractivity contribution >= 4 is 16.8 Å². The Labute approximate surface area is 178 Å². The molecule has 1 aliphatic rings. The van der Waals surface area contributed by atoms with Crippen LogP contribution in [0.25, 0.3) is 10.9 Å². The minimum absolute atomic E-state index is 0.293. The van der Waals surface area contributed by atoms with E-state index in [2.05, 4.69) is 51.3 Å². The summed E-state index contributed by atoms with van der Waals surface area (Å²) in [6.45, 7) is 4.57. The quantitative estimate of drug-likeness (QED) is 0.640. The topological polar surface area (TPSA) is 48.6 Å². The first kappa shape index (κ1) is 20.5. The van der Waals surface area contributed by atoms with Crippen LogP contribution in [0.5, 0.6) is 5.75 Å². The van der Waals surface area contributed by atoms with Crippen LogP contribution in [0, 0.1) is 0 Å². The van der Waals surface area contributed by atoms with E-state index < -0.39 is 0 Å². The van der Waals surface area contributed by atoms with E-state index in [1.54, 1.807) is 7.11 Å². The van der Waals surface area contributed by atoms with E-state index in [1.165, 1.54) is 22.0 Å². The summed E-state index contributed by atoms with van der Waals surface area (Å²) in [5.74, 6) is 1.18. The number of aromatic nitrogens is 1. The van der Waals surface area contributed by atoms with Gasteiger partial charge in [0.15, 0.2) is 0 Å². The van der Waals surface area contributed by atoms with E-state index in [-0.39, 0.29) is 0 Å². The lowest BCUT2D eigenvalue weighted by atomic mass is 10.1. The second-order valence-corrected chi connectivity index (χ2v) is 8.07. The van der Waals surface area contributed by atoms with Gasteiger partial charge in [0.25, 0.3) is 0 Å². The van der Waals surface area contributed by atoms with E-state index in [9.17, 15) is 4.79 Å². The zero-order chi connectivity index (χ0) is 20.8. The smallest absolute Gasteiger partial charge is 0.222 e. The Balaban J connectivity index is 1.24. The van der Waals surface area contributed by atoms with Gasteiger partial charge in [0.2, 0.25) is 5.91 Å². The largest absolute Gasteiger partial charge is 0.497 e. The first-order valence-corrected chi connectivity index (χ1v) is 10.9. The number of fused-ring (bicyclic) bond motifs is 1. The molecule has 0 radical (unpaired) electrons. The normalized spacial score (nSPS) is 15.3. The van der Waals surface area contributed by atoms with Crippen LogP contribution in [0.1, 0.15) is 30.4 Å². The number of ether oxygens (including phenoxy) is 1. The summed E-state index contributed by atoms with van der Waals surface area (Å²) in [7, 11) is 1.69. The lowest BCUT2D eigenvalue weighted by molar-refractivity contribution is -0.131. The molecular formula is C25H31N3O2. The van der Waals surface area contributed by atoms with Crippen molar-refractivity contribution < 1.29 is 9.53 Å². The molecule has 1 amide bonds. The Hall–Kier alpha value is -2.79. The average molecular weight is 406 g/mol. The fourth-order valence-electron chi connectivity index (χ4n) is 4.29. The Bertz CT molecular complexity index is 964. The number of H-pyrrole nitrogens is 1. The number of nitrogens with one attached hydrogen (secondary N) is 1. The minimum Gasteiger partial charge on any atom is -0.497 e. The van der Waals surface area contributed by atoms with Crippen molar-refractivity contribution in [3.05, 3.63) is 65.9 Å². The second kappa shape index (κ2) is 9.81. The van der Waals surface area contributed by atoms with Crippen LogP contribution >= 0.6 is 0 Å². The molecule has 0 aliphatic carbocycles. The van der Waals surface area contributed by atoms with Crippen LogP contribution < -0.4 is 4.74 Å². The standard InChI is InChI=1S/C25H31N3O2/c1-30-22-12-10-20(11-13-22)19-27-14-5-15-28(17-16-27)25(29)9-4-6-21-18-26-24-8-3-2-7-23(21)24/h2-3,7-8,10-13,18,26H,4-6,9,14-17,19H2,1H3. The van der Waals surface area contributed by atoms with Gasteiger partial charge in [-0.05, 0) is 48.6 Å². The molecule has 0 saturated carbocycles. The number of para-hydroxylation sites is 1. The van der Waals surface area contributed by atoms with E-state index in [0.29, 0.717) is 12.3 Å². The number of hydrogen-bond acceptors (Lipinski definition) is 3. The molecule has 0 spiro atoms. The molecule has 5 heteroatoms. The number of rotatable bonds is 7. The third kappa shape index (κ3) is 5.03. The number of amides is 1. The van der Waals surface area contributed by atoms with Crippen molar-refractivity contribution in [2.45, 2.75) is 32.2 Å². The first-order chi connectivity index (χ1) is 14.7. The highest BCUT2D eigenvalue weighted by Crippen LogP contribution is 2.20. The third-order valence-corrected chi connectivity index (χ3v) is 6.02. The van der Waals surface area contributed by atoms with Crippen molar-refractivity contribution in [2.24, 2.45) is 0 Å². The van der Waals surface area contributed by atoms with E-state index >= 15 is 0 Å². The lowest BCUT2D eigenvalue weighted by Gasteiger charge is -2.22. The van der Waals surface area contributed by atoms with Crippen LogP contribution in [0.15, 0.2) is 54.7 Å². The molecule has 0 atom stereocenters. The zero-order valence-electron chi connectivity index (χ0n) is 17.8. The molecule has 0 bridgehead atoms. The van der Waals surface area contributed by atoms with Crippen LogP contribution in [0.2, 0.25) is 0 Å². The zero-order valence-corrected chi connectivity index (χ0v) is 17.8. The minimum atomic E-state index is 0.293. The molecule has 1 aliphatic heterocycles. The molecule has 5 nitrogen and oxygen atoms in total. The molecule has 2 heterocycles. The van der Waals surface area contributed by atoms with Crippen molar-refractivity contribution in [3.8, 4) is 5.75 Å². The number of aromatic amines is 1. The lowest BCUT2D eigenvalue weighted by Crippen LogP contribution is -2.35. The number of carbonyl (C=O) groups is 1. The molecule has 1 saturated heterocycles. The van der Waals surface area contributed by atoms with Gasteiger partial charge >= 0.3 is 0 Å². The third-order valence-electron chi connectivity index (χ3n) is 6.02. The fourth-order valence-corrected chi connectivity index (χ4v) is 4.29. The summed E-state index contributed by atoms with van der Waals surface area (Å²) >= 11 is 0. The van der Waals surface area contributed by atoms with Gasteiger partial charge in [0.1, 0.15) is 5.75 Å². The molecule has 1 fully saturated rings. The van der Waals surface area contributed by atoms with E-state index in [0.717, 1.165) is 57.7 Å². The molecular weight excluding hydrogens is 374 g/mol. The molecule has 1 aromatic heterocycles. The molecule has 158 valence electrons. The highest BCUT2D eigenvalue weighted by Gasteiger charge is 2.19. The summed E-state index contributed by atoms with van der Waals surface area (Å²) in [6, 6.07) is 16.6. The van der Waals surface area contributed by atoms with Crippen molar-refractivity contribution in [3.63, 3.8) is 0 Å². The van der Waals surface area contributed by atoms with Gasteiger partial charge in [-0.1, -0.05) is 30.3 Å². The number of aryl methyl sites for hydroxylation is 1. The Morgan fingerprint density at radius 1 is 1.03 bits per heavy atom. The molecule has 0 unspecified atom stereocenters. The Kier molecular flexibility index (Phi) is 6.70. The highest BCUT2D eigenvalue weighted by molar-refractivity contribution is 5.83. The highest BCUT2D eigenvalue weighted by atomic mass is 16.5. The number of carbonyl (C=O) groups excluding carboxylic acids is 1. The number of hydrogen-bond donors (Lipinski definition) is 1. The van der Waals surface area contributed by atoms with Crippen molar-refractivity contribution in [1.29, 1.82) is 0 Å². The molecule has 1 N–H and O–H groups in total. The maximum atomic E-state index is 12.8. The molecule has 2 aromatic carbocycles. The van der Waals surface area contributed by atoms with Gasteiger partial charge in [-0.3, -0.25) is 9.69 Å². The van der Waals surface area contributed by atoms with Gasteiger partial charge in [-0.15, -0.1) is 0 Å². The van der Waals surface area contributed by atoms with Crippen LogP contribution in [0.4, 0.5) is 0 Å². The average Bonchev–Trinajstić information content (AvgIpc) is 3.04. The van der Waals surface area contributed by atoms with Crippen molar-refractivity contribution in [2.75, 3.05) is 33.3 Å². The summed E-state index contributed by atoms with van der Waals surface area (Å²) in [4.78, 5) is 20.6. The summed E-state index contributed by atoms with van der Waals surface area (Å²) in [6.07, 6.45) is 5.57. The summed E-state index contributed by atoms with van der Waals surface area (Å²) in [5, 5.41) is 1.27. The fraction of sp³-hybridized carbons (Fsp3) is 0.400.